The molecule has 1 atom stereocenters. The third kappa shape index (κ3) is 3.71. The second-order valence-corrected chi connectivity index (χ2v) is 5.65. The monoisotopic (exact) mass is 277 g/mol. The number of nitrogens with zero attached hydrogens (tertiary/aromatic N) is 2. The minimum atomic E-state index is -0.132. The highest BCUT2D eigenvalue weighted by atomic mass is 16.4. The van der Waals surface area contributed by atoms with Gasteiger partial charge in [-0.2, -0.15) is 0 Å². The zero-order valence-electron chi connectivity index (χ0n) is 11.8. The van der Waals surface area contributed by atoms with Crippen LogP contribution in [0, 0.1) is 5.92 Å². The molecule has 0 heterocycles. The predicted molar refractivity (Wildman–Crippen MR) is 78.6 cm³/mol. The first-order valence-corrected chi connectivity index (χ1v) is 6.99. The highest BCUT2D eigenvalue weighted by molar-refractivity contribution is 5.80. The van der Waals surface area contributed by atoms with Gasteiger partial charge in [0.25, 0.3) is 0 Å². The van der Waals surface area contributed by atoms with Gasteiger partial charge in [0.2, 0.25) is 0 Å². The van der Waals surface area contributed by atoms with Crippen LogP contribution in [0.3, 0.4) is 0 Å². The van der Waals surface area contributed by atoms with Crippen molar-refractivity contribution in [3.8, 4) is 0 Å². The summed E-state index contributed by atoms with van der Waals surface area (Å²) >= 11 is 0. The van der Waals surface area contributed by atoms with E-state index in [9.17, 15) is 5.11 Å². The van der Waals surface area contributed by atoms with Crippen molar-refractivity contribution in [1.82, 2.24) is 4.90 Å². The fraction of sp³-hybridized carbons (Fsp3) is 0.533. The highest BCUT2D eigenvalue weighted by Gasteiger charge is 2.30. The molecule has 4 N–H and O–H groups in total. The lowest BCUT2D eigenvalue weighted by molar-refractivity contribution is 0.0222. The second kappa shape index (κ2) is 6.72. The van der Waals surface area contributed by atoms with Crippen LogP contribution in [-0.4, -0.2) is 40.7 Å². The summed E-state index contributed by atoms with van der Waals surface area (Å²) in [7, 11) is 2.05. The molecule has 1 fully saturated rings. The molecule has 1 aliphatic carbocycles. The number of hydrogen-bond donors (Lipinski definition) is 3. The minimum Gasteiger partial charge on any atom is -0.409 e. The highest BCUT2D eigenvalue weighted by Crippen LogP contribution is 2.31. The third-order valence-electron chi connectivity index (χ3n) is 4.00. The van der Waals surface area contributed by atoms with Crippen LogP contribution in [0.4, 0.5) is 0 Å². The van der Waals surface area contributed by atoms with Gasteiger partial charge in [0.05, 0.1) is 6.10 Å². The van der Waals surface area contributed by atoms with Crippen molar-refractivity contribution in [1.29, 1.82) is 0 Å². The molecule has 1 aromatic rings. The Kier molecular flexibility index (Phi) is 4.98. The predicted octanol–water partition coefficient (Wildman–Crippen LogP) is 1.57. The summed E-state index contributed by atoms with van der Waals surface area (Å²) in [5.74, 6) is 0.771. The van der Waals surface area contributed by atoms with E-state index in [-0.39, 0.29) is 18.0 Å². The summed E-state index contributed by atoms with van der Waals surface area (Å²) in [5.41, 5.74) is 6.84. The Labute approximate surface area is 119 Å². The standard InChI is InChI=1S/C15H23N3O2/c1-18(10-11-7-13(19)8-11)14(9-15(16)17-20)12-5-3-2-4-6-12/h2-6,11,13-14,19-20H,7-10H2,1H3,(H2,16,17). The van der Waals surface area contributed by atoms with Crippen LogP contribution in [0.5, 0.6) is 0 Å². The number of amidine groups is 1. The lowest BCUT2D eigenvalue weighted by Crippen LogP contribution is -2.39. The van der Waals surface area contributed by atoms with Crippen molar-refractivity contribution in [2.45, 2.75) is 31.4 Å². The maximum atomic E-state index is 9.38. The van der Waals surface area contributed by atoms with E-state index in [0.29, 0.717) is 12.3 Å². The smallest absolute Gasteiger partial charge is 0.141 e. The molecule has 1 unspecified atom stereocenters. The maximum Gasteiger partial charge on any atom is 0.141 e. The Morgan fingerprint density at radius 2 is 2.05 bits per heavy atom. The van der Waals surface area contributed by atoms with E-state index in [0.717, 1.165) is 24.9 Å². The summed E-state index contributed by atoms with van der Waals surface area (Å²) in [4.78, 5) is 2.23. The van der Waals surface area contributed by atoms with Gasteiger partial charge in [0.15, 0.2) is 0 Å². The average molecular weight is 277 g/mol. The van der Waals surface area contributed by atoms with Gasteiger partial charge in [0, 0.05) is 19.0 Å². The second-order valence-electron chi connectivity index (χ2n) is 5.65. The molecule has 110 valence electrons. The van der Waals surface area contributed by atoms with E-state index >= 15 is 0 Å². The summed E-state index contributed by atoms with van der Waals surface area (Å²) in [6.07, 6.45) is 2.10. The van der Waals surface area contributed by atoms with Crippen LogP contribution in [0.15, 0.2) is 35.5 Å². The average Bonchev–Trinajstić information content (AvgIpc) is 2.43. The van der Waals surface area contributed by atoms with Crippen molar-refractivity contribution in [3.05, 3.63) is 35.9 Å². The van der Waals surface area contributed by atoms with Crippen LogP contribution in [-0.2, 0) is 0 Å². The van der Waals surface area contributed by atoms with Gasteiger partial charge in [-0.25, -0.2) is 0 Å². The number of aliphatic hydroxyl groups is 1. The van der Waals surface area contributed by atoms with Crippen molar-refractivity contribution in [2.24, 2.45) is 16.8 Å². The van der Waals surface area contributed by atoms with Crippen LogP contribution in [0.2, 0.25) is 0 Å². The number of aliphatic hydroxyl groups excluding tert-OH is 1. The van der Waals surface area contributed by atoms with Crippen LogP contribution >= 0.6 is 0 Å². The molecular formula is C15H23N3O2. The quantitative estimate of drug-likeness (QED) is 0.319. The topological polar surface area (TPSA) is 82.1 Å². The molecule has 1 aromatic carbocycles. The van der Waals surface area contributed by atoms with E-state index in [2.05, 4.69) is 22.2 Å². The molecule has 5 nitrogen and oxygen atoms in total. The summed E-state index contributed by atoms with van der Waals surface area (Å²) < 4.78 is 0. The van der Waals surface area contributed by atoms with Crippen molar-refractivity contribution < 1.29 is 10.3 Å². The van der Waals surface area contributed by atoms with Crippen molar-refractivity contribution in [2.75, 3.05) is 13.6 Å². The lowest BCUT2D eigenvalue weighted by Gasteiger charge is -2.37. The molecule has 0 saturated heterocycles. The first-order chi connectivity index (χ1) is 9.60. The molecule has 0 bridgehead atoms. The summed E-state index contributed by atoms with van der Waals surface area (Å²) in [6.45, 7) is 0.912. The molecule has 2 rings (SSSR count). The summed E-state index contributed by atoms with van der Waals surface area (Å²) in [6, 6.07) is 10.2. The molecule has 20 heavy (non-hydrogen) atoms. The SMILES string of the molecule is CN(CC1CC(O)C1)C(CC(N)=NO)c1ccccc1. The maximum absolute atomic E-state index is 9.38. The fourth-order valence-electron chi connectivity index (χ4n) is 2.83. The Morgan fingerprint density at radius 1 is 1.40 bits per heavy atom. The number of hydrogen-bond acceptors (Lipinski definition) is 4. The Hall–Kier alpha value is -1.59. The minimum absolute atomic E-state index is 0.0878. The number of nitrogens with two attached hydrogens (primary N) is 1. The van der Waals surface area contributed by atoms with E-state index in [1.165, 1.54) is 0 Å². The Balaban J connectivity index is 2.05. The van der Waals surface area contributed by atoms with Gasteiger partial charge in [0.1, 0.15) is 5.84 Å². The number of benzene rings is 1. The van der Waals surface area contributed by atoms with Gasteiger partial charge in [-0.05, 0) is 31.4 Å². The van der Waals surface area contributed by atoms with E-state index in [4.69, 9.17) is 10.9 Å². The van der Waals surface area contributed by atoms with Gasteiger partial charge < -0.3 is 16.0 Å². The molecule has 0 amide bonds. The van der Waals surface area contributed by atoms with Crippen LogP contribution < -0.4 is 5.73 Å². The normalized spacial score (nSPS) is 24.4. The molecule has 0 radical (unpaired) electrons. The molecule has 0 aromatic heterocycles. The van der Waals surface area contributed by atoms with E-state index < -0.39 is 0 Å². The molecule has 0 aliphatic heterocycles. The van der Waals surface area contributed by atoms with Crippen LogP contribution in [0.25, 0.3) is 0 Å². The number of rotatable bonds is 6. The fourth-order valence-corrected chi connectivity index (χ4v) is 2.83. The van der Waals surface area contributed by atoms with Crippen molar-refractivity contribution >= 4 is 5.84 Å². The van der Waals surface area contributed by atoms with E-state index in [1.807, 2.05) is 25.2 Å². The molecule has 1 aliphatic rings. The van der Waals surface area contributed by atoms with Gasteiger partial charge in [-0.15, -0.1) is 0 Å². The number of oxime groups is 1. The zero-order valence-corrected chi connectivity index (χ0v) is 11.8. The van der Waals surface area contributed by atoms with Gasteiger partial charge >= 0.3 is 0 Å². The summed E-state index contributed by atoms with van der Waals surface area (Å²) in [5, 5.41) is 21.3. The largest absolute Gasteiger partial charge is 0.409 e. The Bertz CT molecular complexity index is 444. The van der Waals surface area contributed by atoms with Crippen molar-refractivity contribution in [3.63, 3.8) is 0 Å². The van der Waals surface area contributed by atoms with Gasteiger partial charge in [-0.3, -0.25) is 4.90 Å². The zero-order chi connectivity index (χ0) is 14.5. The first kappa shape index (κ1) is 14.8. The molecule has 1 saturated carbocycles. The molecular weight excluding hydrogens is 254 g/mol. The van der Waals surface area contributed by atoms with Gasteiger partial charge in [-0.1, -0.05) is 35.5 Å². The molecule has 5 heteroatoms. The van der Waals surface area contributed by atoms with Crippen LogP contribution in [0.1, 0.15) is 30.9 Å². The first-order valence-electron chi connectivity index (χ1n) is 6.99. The van der Waals surface area contributed by atoms with E-state index in [1.54, 1.807) is 0 Å². The molecule has 0 spiro atoms. The lowest BCUT2D eigenvalue weighted by atomic mass is 9.82. The Morgan fingerprint density at radius 3 is 2.60 bits per heavy atom. The third-order valence-corrected chi connectivity index (χ3v) is 4.00.